The molecule has 2 aromatic rings. The van der Waals surface area contributed by atoms with Gasteiger partial charge in [0.2, 0.25) is 5.95 Å². The minimum atomic E-state index is -0.567. The highest BCUT2D eigenvalue weighted by Crippen LogP contribution is 2.23. The Balaban J connectivity index is 2.42. The van der Waals surface area contributed by atoms with Crippen molar-refractivity contribution in [3.63, 3.8) is 0 Å². The van der Waals surface area contributed by atoms with E-state index in [1.165, 1.54) is 0 Å². The van der Waals surface area contributed by atoms with Crippen LogP contribution in [0.15, 0.2) is 6.07 Å². The van der Waals surface area contributed by atoms with Crippen molar-refractivity contribution < 1.29 is 9.53 Å². The molecule has 96 valence electrons. The van der Waals surface area contributed by atoms with Crippen LogP contribution in [0.1, 0.15) is 31.3 Å². The Morgan fingerprint density at radius 1 is 1.44 bits per heavy atom. The summed E-state index contributed by atoms with van der Waals surface area (Å²) in [6.45, 7) is 5.37. The molecule has 3 N–H and O–H groups in total. The molecule has 0 bridgehead atoms. The van der Waals surface area contributed by atoms with Crippen molar-refractivity contribution >= 4 is 34.6 Å². The number of esters is 1. The van der Waals surface area contributed by atoms with Gasteiger partial charge in [0.1, 0.15) is 22.1 Å². The number of aromatic nitrogens is 3. The van der Waals surface area contributed by atoms with Gasteiger partial charge >= 0.3 is 5.97 Å². The Hall–Kier alpha value is -1.82. The number of nitrogens with two attached hydrogens (primary N) is 1. The maximum atomic E-state index is 11.9. The van der Waals surface area contributed by atoms with Gasteiger partial charge in [-0.15, -0.1) is 0 Å². The Labute approximate surface area is 109 Å². The summed E-state index contributed by atoms with van der Waals surface area (Å²) in [5, 5.41) is 0.732. The number of anilines is 1. The lowest BCUT2D eigenvalue weighted by Gasteiger charge is -2.18. The topological polar surface area (TPSA) is 93.9 Å². The van der Waals surface area contributed by atoms with Crippen molar-refractivity contribution in [3.05, 3.63) is 16.9 Å². The van der Waals surface area contributed by atoms with Gasteiger partial charge in [-0.2, -0.15) is 4.98 Å². The average Bonchev–Trinajstić information content (AvgIpc) is 2.58. The number of hydrogen-bond acceptors (Lipinski definition) is 5. The molecule has 18 heavy (non-hydrogen) atoms. The van der Waals surface area contributed by atoms with Gasteiger partial charge in [0.25, 0.3) is 0 Å². The van der Waals surface area contributed by atoms with Gasteiger partial charge in [0.15, 0.2) is 0 Å². The molecule has 2 rings (SSSR count). The second-order valence-electron chi connectivity index (χ2n) is 4.82. The minimum Gasteiger partial charge on any atom is -0.455 e. The van der Waals surface area contributed by atoms with Crippen molar-refractivity contribution in [2.45, 2.75) is 26.4 Å². The average molecular weight is 269 g/mol. The van der Waals surface area contributed by atoms with E-state index in [9.17, 15) is 4.79 Å². The van der Waals surface area contributed by atoms with E-state index < -0.39 is 11.6 Å². The van der Waals surface area contributed by atoms with Crippen LogP contribution in [0, 0.1) is 0 Å². The van der Waals surface area contributed by atoms with E-state index >= 15 is 0 Å². The molecule has 0 saturated carbocycles. The summed E-state index contributed by atoms with van der Waals surface area (Å²) in [4.78, 5) is 22.4. The van der Waals surface area contributed by atoms with E-state index in [1.807, 2.05) is 0 Å². The number of hydrogen-bond donors (Lipinski definition) is 2. The summed E-state index contributed by atoms with van der Waals surface area (Å²) < 4.78 is 5.23. The van der Waals surface area contributed by atoms with Crippen molar-refractivity contribution in [2.75, 3.05) is 5.73 Å². The number of aromatic amines is 1. The van der Waals surface area contributed by atoms with Crippen LogP contribution in [-0.2, 0) is 4.74 Å². The number of nitrogen functional groups attached to an aromatic ring is 1. The lowest BCUT2D eigenvalue weighted by Crippen LogP contribution is -2.24. The number of nitrogens with zero attached hydrogens (tertiary/aromatic N) is 2. The predicted molar refractivity (Wildman–Crippen MR) is 68.5 cm³/mol. The summed E-state index contributed by atoms with van der Waals surface area (Å²) in [7, 11) is 0. The third-order valence-electron chi connectivity index (χ3n) is 2.08. The Kier molecular flexibility index (Phi) is 2.90. The zero-order chi connectivity index (χ0) is 13.5. The first-order valence-electron chi connectivity index (χ1n) is 5.31. The van der Waals surface area contributed by atoms with Gasteiger partial charge in [-0.1, -0.05) is 11.6 Å². The molecule has 7 heteroatoms. The third-order valence-corrected chi connectivity index (χ3v) is 2.37. The summed E-state index contributed by atoms with van der Waals surface area (Å²) >= 11 is 5.91. The number of nitrogens with one attached hydrogen (secondary N) is 1. The molecule has 0 saturated heterocycles. The van der Waals surface area contributed by atoms with Gasteiger partial charge in [0, 0.05) is 0 Å². The second kappa shape index (κ2) is 4.13. The lowest BCUT2D eigenvalue weighted by molar-refractivity contribution is 0.00638. The molecule has 2 aromatic heterocycles. The molecule has 2 heterocycles. The number of rotatable bonds is 1. The molecule has 0 aliphatic rings. The van der Waals surface area contributed by atoms with E-state index in [4.69, 9.17) is 22.1 Å². The first-order chi connectivity index (χ1) is 8.26. The quantitative estimate of drug-likeness (QED) is 0.610. The molecule has 0 aromatic carbocycles. The molecule has 0 aliphatic heterocycles. The van der Waals surface area contributed by atoms with E-state index in [0.717, 1.165) is 0 Å². The monoisotopic (exact) mass is 268 g/mol. The van der Waals surface area contributed by atoms with Crippen molar-refractivity contribution in [3.8, 4) is 0 Å². The normalized spacial score (nSPS) is 11.8. The Bertz CT molecular complexity index is 615. The SMILES string of the molecule is CC(C)(C)OC(=O)c1cc2c(Cl)nc(N)nc2[nH]1. The first kappa shape index (κ1) is 12.6. The third kappa shape index (κ3) is 2.53. The fourth-order valence-electron chi connectivity index (χ4n) is 1.43. The van der Waals surface area contributed by atoms with Crippen LogP contribution < -0.4 is 5.73 Å². The van der Waals surface area contributed by atoms with E-state index in [1.54, 1.807) is 26.8 Å². The maximum absolute atomic E-state index is 11.9. The number of fused-ring (bicyclic) bond motifs is 1. The number of carbonyl (C=O) groups is 1. The molecular formula is C11H13ClN4O2. The Morgan fingerprint density at radius 3 is 2.72 bits per heavy atom. The van der Waals surface area contributed by atoms with E-state index in [2.05, 4.69) is 15.0 Å². The molecular weight excluding hydrogens is 256 g/mol. The van der Waals surface area contributed by atoms with Crippen LogP contribution in [0.3, 0.4) is 0 Å². The van der Waals surface area contributed by atoms with Crippen LogP contribution in [0.2, 0.25) is 5.15 Å². The highest BCUT2D eigenvalue weighted by atomic mass is 35.5. The van der Waals surface area contributed by atoms with Crippen LogP contribution in [0.25, 0.3) is 11.0 Å². The molecule has 0 spiro atoms. The van der Waals surface area contributed by atoms with Crippen molar-refractivity contribution in [2.24, 2.45) is 0 Å². The molecule has 0 unspecified atom stereocenters. The summed E-state index contributed by atoms with van der Waals surface area (Å²) in [6.07, 6.45) is 0. The van der Waals surface area contributed by atoms with Crippen LogP contribution >= 0.6 is 11.6 Å². The standard InChI is InChI=1S/C11H13ClN4O2/c1-11(2,3)18-9(17)6-4-5-7(12)15-10(13)16-8(5)14-6/h4H,1-3H3,(H3,13,14,15,16). The fourth-order valence-corrected chi connectivity index (χ4v) is 1.66. The second-order valence-corrected chi connectivity index (χ2v) is 5.18. The van der Waals surface area contributed by atoms with Crippen LogP contribution in [0.5, 0.6) is 0 Å². The maximum Gasteiger partial charge on any atom is 0.355 e. The van der Waals surface area contributed by atoms with Gasteiger partial charge < -0.3 is 15.5 Å². The highest BCUT2D eigenvalue weighted by Gasteiger charge is 2.20. The Morgan fingerprint density at radius 2 is 2.11 bits per heavy atom. The molecule has 0 radical (unpaired) electrons. The largest absolute Gasteiger partial charge is 0.455 e. The zero-order valence-electron chi connectivity index (χ0n) is 10.2. The van der Waals surface area contributed by atoms with Gasteiger partial charge in [-0.25, -0.2) is 9.78 Å². The van der Waals surface area contributed by atoms with Gasteiger partial charge in [-0.05, 0) is 26.8 Å². The fraction of sp³-hybridized carbons (Fsp3) is 0.364. The highest BCUT2D eigenvalue weighted by molar-refractivity contribution is 6.34. The molecule has 0 amide bonds. The van der Waals surface area contributed by atoms with Gasteiger partial charge in [-0.3, -0.25) is 0 Å². The van der Waals surface area contributed by atoms with Crippen molar-refractivity contribution in [1.82, 2.24) is 15.0 Å². The van der Waals surface area contributed by atoms with Crippen molar-refractivity contribution in [1.29, 1.82) is 0 Å². The summed E-state index contributed by atoms with van der Waals surface area (Å²) in [6, 6.07) is 1.55. The predicted octanol–water partition coefficient (Wildman–Crippen LogP) is 2.15. The smallest absolute Gasteiger partial charge is 0.355 e. The molecule has 0 fully saturated rings. The lowest BCUT2D eigenvalue weighted by atomic mass is 10.2. The van der Waals surface area contributed by atoms with Crippen LogP contribution in [-0.4, -0.2) is 26.5 Å². The minimum absolute atomic E-state index is 0.0464. The number of halogens is 1. The number of carbonyl (C=O) groups excluding carboxylic acids is 1. The van der Waals surface area contributed by atoms with Crippen LogP contribution in [0.4, 0.5) is 5.95 Å². The zero-order valence-corrected chi connectivity index (χ0v) is 11.0. The van der Waals surface area contributed by atoms with E-state index in [-0.39, 0.29) is 16.8 Å². The summed E-state index contributed by atoms with van der Waals surface area (Å²) in [5.41, 5.74) is 5.58. The summed E-state index contributed by atoms with van der Waals surface area (Å²) in [5.74, 6) is -0.430. The molecule has 0 atom stereocenters. The van der Waals surface area contributed by atoms with E-state index in [0.29, 0.717) is 11.0 Å². The van der Waals surface area contributed by atoms with Gasteiger partial charge in [0.05, 0.1) is 5.39 Å². The molecule has 0 aliphatic carbocycles. The molecule has 6 nitrogen and oxygen atoms in total. The number of H-pyrrole nitrogens is 1. The number of ether oxygens (including phenoxy) is 1. The first-order valence-corrected chi connectivity index (χ1v) is 5.69.